The molecule has 0 saturated carbocycles. The van der Waals surface area contributed by atoms with Crippen LogP contribution < -0.4 is 10.6 Å². The van der Waals surface area contributed by atoms with Crippen LogP contribution in [0.5, 0.6) is 0 Å². The third-order valence-corrected chi connectivity index (χ3v) is 6.18. The van der Waals surface area contributed by atoms with Crippen molar-refractivity contribution in [3.05, 3.63) is 0 Å². The summed E-state index contributed by atoms with van der Waals surface area (Å²) in [5.41, 5.74) is 5.74. The van der Waals surface area contributed by atoms with E-state index in [1.807, 2.05) is 4.90 Å². The molecule has 1 aliphatic rings. The molecule has 2 N–H and O–H groups in total. The molecule has 0 aromatic carbocycles. The highest BCUT2D eigenvalue weighted by Crippen LogP contribution is 2.36. The van der Waals surface area contributed by atoms with E-state index in [0.717, 1.165) is 30.9 Å². The molecule has 6 nitrogen and oxygen atoms in total. The fraction of sp³-hybridized carbons (Fsp3) is 0.727. The number of nitrogens with zero attached hydrogens (tertiary/aromatic N) is 2. The maximum absolute atomic E-state index is 12.1. The number of aromatic nitrogens is 1. The van der Waals surface area contributed by atoms with Crippen LogP contribution >= 0.6 is 11.5 Å². The molecule has 0 amide bonds. The second-order valence-electron chi connectivity index (χ2n) is 4.55. The number of sulfone groups is 1. The van der Waals surface area contributed by atoms with Gasteiger partial charge in [0.25, 0.3) is 0 Å². The van der Waals surface area contributed by atoms with Gasteiger partial charge in [0.05, 0.1) is 11.9 Å². The maximum atomic E-state index is 12.1. The molecule has 1 aromatic heterocycles. The van der Waals surface area contributed by atoms with Crippen molar-refractivity contribution in [3.8, 4) is 0 Å². The van der Waals surface area contributed by atoms with Crippen molar-refractivity contribution in [3.63, 3.8) is 0 Å². The summed E-state index contributed by atoms with van der Waals surface area (Å²) in [5, 5.41) is 0.654. The summed E-state index contributed by atoms with van der Waals surface area (Å²) in [5.74, 6) is 0.144. The van der Waals surface area contributed by atoms with E-state index in [-0.39, 0.29) is 22.6 Å². The first-order valence-electron chi connectivity index (χ1n) is 6.25. The molecule has 0 bridgehead atoms. The first kappa shape index (κ1) is 14.5. The van der Waals surface area contributed by atoms with Gasteiger partial charge < -0.3 is 15.4 Å². The lowest BCUT2D eigenvalue weighted by atomic mass is 10.1. The molecule has 1 aromatic rings. The second kappa shape index (κ2) is 5.64. The van der Waals surface area contributed by atoms with Crippen LogP contribution in [-0.2, 0) is 14.6 Å². The summed E-state index contributed by atoms with van der Waals surface area (Å²) in [6.45, 7) is 3.11. The smallest absolute Gasteiger partial charge is 0.184 e. The van der Waals surface area contributed by atoms with Crippen molar-refractivity contribution in [1.29, 1.82) is 0 Å². The Balaban J connectivity index is 2.36. The number of hydrogen-bond acceptors (Lipinski definition) is 7. The second-order valence-corrected chi connectivity index (χ2v) is 7.52. The van der Waals surface area contributed by atoms with Gasteiger partial charge in [-0.1, -0.05) is 6.92 Å². The lowest BCUT2D eigenvalue weighted by Crippen LogP contribution is -2.39. The quantitative estimate of drug-likeness (QED) is 0.897. The Bertz CT molecular complexity index is 541. The molecule has 1 fully saturated rings. The van der Waals surface area contributed by atoms with E-state index in [1.165, 1.54) is 0 Å². The van der Waals surface area contributed by atoms with Gasteiger partial charge >= 0.3 is 0 Å². The molecule has 1 atom stereocenters. The molecule has 0 radical (unpaired) electrons. The van der Waals surface area contributed by atoms with E-state index in [0.29, 0.717) is 11.5 Å². The van der Waals surface area contributed by atoms with Gasteiger partial charge in [-0.05, 0) is 24.4 Å². The van der Waals surface area contributed by atoms with Crippen LogP contribution in [0.1, 0.15) is 19.8 Å². The largest absolute Gasteiger partial charge is 0.382 e. The average molecular weight is 305 g/mol. The molecule has 1 aliphatic heterocycles. The molecule has 2 heterocycles. The highest BCUT2D eigenvalue weighted by molar-refractivity contribution is 7.91. The minimum Gasteiger partial charge on any atom is -0.382 e. The van der Waals surface area contributed by atoms with E-state index in [4.69, 9.17) is 10.5 Å². The van der Waals surface area contributed by atoms with Gasteiger partial charge in [-0.2, -0.15) is 4.37 Å². The lowest BCUT2D eigenvalue weighted by Gasteiger charge is -2.32. The molecular formula is C11H19N3O3S2. The molecule has 19 heavy (non-hydrogen) atoms. The van der Waals surface area contributed by atoms with Crippen molar-refractivity contribution in [1.82, 2.24) is 4.37 Å². The first-order chi connectivity index (χ1) is 8.99. The number of ether oxygens (including phenoxy) is 1. The Morgan fingerprint density at radius 2 is 2.32 bits per heavy atom. The van der Waals surface area contributed by atoms with Gasteiger partial charge in [0, 0.05) is 20.2 Å². The van der Waals surface area contributed by atoms with Crippen molar-refractivity contribution in [2.24, 2.45) is 0 Å². The molecule has 8 heteroatoms. The van der Waals surface area contributed by atoms with E-state index >= 15 is 0 Å². The van der Waals surface area contributed by atoms with Crippen LogP contribution in [0, 0.1) is 0 Å². The topological polar surface area (TPSA) is 85.5 Å². The SMILES string of the molecule is CCS(=O)(=O)c1c(N)nsc1N1CCCC(OC)C1. The summed E-state index contributed by atoms with van der Waals surface area (Å²) in [4.78, 5) is 2.21. The summed E-state index contributed by atoms with van der Waals surface area (Å²) in [7, 11) is -1.67. The monoisotopic (exact) mass is 305 g/mol. The molecule has 0 aliphatic carbocycles. The minimum absolute atomic E-state index is 0.0319. The molecule has 2 rings (SSSR count). The Morgan fingerprint density at radius 1 is 1.58 bits per heavy atom. The number of nitrogen functional groups attached to an aromatic ring is 1. The molecular weight excluding hydrogens is 286 g/mol. The van der Waals surface area contributed by atoms with E-state index < -0.39 is 9.84 Å². The van der Waals surface area contributed by atoms with Crippen LogP contribution in [0.25, 0.3) is 0 Å². The summed E-state index contributed by atoms with van der Waals surface area (Å²) in [6, 6.07) is 0. The lowest BCUT2D eigenvalue weighted by molar-refractivity contribution is 0.0894. The molecule has 1 saturated heterocycles. The third kappa shape index (κ3) is 2.85. The highest BCUT2D eigenvalue weighted by atomic mass is 32.2. The number of anilines is 2. The van der Waals surface area contributed by atoms with Crippen LogP contribution in [0.4, 0.5) is 10.8 Å². The molecule has 108 valence electrons. The summed E-state index contributed by atoms with van der Waals surface area (Å²) >= 11 is 1.15. The van der Waals surface area contributed by atoms with Crippen molar-refractivity contribution in [2.75, 3.05) is 36.6 Å². The standard InChI is InChI=1S/C11H19N3O3S2/c1-3-19(15,16)9-10(12)13-18-11(9)14-6-4-5-8(7-14)17-2/h8H,3-7H2,1-2H3,(H2,12,13). The Kier molecular flexibility index (Phi) is 4.32. The van der Waals surface area contributed by atoms with Gasteiger partial charge in [-0.25, -0.2) is 8.42 Å². The van der Waals surface area contributed by atoms with Crippen LogP contribution in [0.15, 0.2) is 4.90 Å². The fourth-order valence-corrected chi connectivity index (χ4v) is 4.58. The van der Waals surface area contributed by atoms with Gasteiger partial charge in [0.15, 0.2) is 15.7 Å². The molecule has 0 spiro atoms. The minimum atomic E-state index is -3.35. The van der Waals surface area contributed by atoms with Gasteiger partial charge in [0.2, 0.25) is 0 Å². The Morgan fingerprint density at radius 3 is 2.95 bits per heavy atom. The maximum Gasteiger partial charge on any atom is 0.184 e. The van der Waals surface area contributed by atoms with Crippen molar-refractivity contribution in [2.45, 2.75) is 30.8 Å². The Hall–Kier alpha value is -0.860. The zero-order valence-electron chi connectivity index (χ0n) is 11.1. The normalized spacial score (nSPS) is 20.7. The van der Waals surface area contributed by atoms with Crippen LogP contribution in [0.3, 0.4) is 0 Å². The highest BCUT2D eigenvalue weighted by Gasteiger charge is 2.30. The summed E-state index contributed by atoms with van der Waals surface area (Å²) in [6.07, 6.45) is 2.10. The summed E-state index contributed by atoms with van der Waals surface area (Å²) < 4.78 is 33.6. The third-order valence-electron chi connectivity index (χ3n) is 3.35. The Labute approximate surface area is 117 Å². The number of rotatable bonds is 4. The zero-order valence-corrected chi connectivity index (χ0v) is 12.8. The van der Waals surface area contributed by atoms with E-state index in [2.05, 4.69) is 4.37 Å². The predicted molar refractivity (Wildman–Crippen MR) is 76.5 cm³/mol. The van der Waals surface area contributed by atoms with Crippen molar-refractivity contribution >= 4 is 32.2 Å². The van der Waals surface area contributed by atoms with Crippen LogP contribution in [0.2, 0.25) is 0 Å². The fourth-order valence-electron chi connectivity index (χ4n) is 2.24. The first-order valence-corrected chi connectivity index (χ1v) is 8.67. The van der Waals surface area contributed by atoms with Gasteiger partial charge in [0.1, 0.15) is 9.90 Å². The van der Waals surface area contributed by atoms with Crippen molar-refractivity contribution < 1.29 is 13.2 Å². The van der Waals surface area contributed by atoms with Crippen LogP contribution in [-0.4, -0.2) is 44.8 Å². The van der Waals surface area contributed by atoms with Gasteiger partial charge in [-0.3, -0.25) is 0 Å². The predicted octanol–water partition coefficient (Wildman–Crippen LogP) is 1.13. The number of hydrogen-bond donors (Lipinski definition) is 1. The van der Waals surface area contributed by atoms with E-state index in [1.54, 1.807) is 14.0 Å². The number of piperidine rings is 1. The molecule has 1 unspecified atom stereocenters. The van der Waals surface area contributed by atoms with E-state index in [9.17, 15) is 8.42 Å². The van der Waals surface area contributed by atoms with Gasteiger partial charge in [-0.15, -0.1) is 0 Å². The average Bonchev–Trinajstić information content (AvgIpc) is 2.81. The number of methoxy groups -OCH3 is 1. The number of nitrogens with two attached hydrogens (primary N) is 1. The zero-order chi connectivity index (χ0) is 14.0.